The molecular formula is C10H8ClF5N2O. The van der Waals surface area contributed by atoms with Crippen LogP contribution in [-0.4, -0.2) is 18.3 Å². The zero-order valence-corrected chi connectivity index (χ0v) is 9.97. The first kappa shape index (κ1) is 15.5. The van der Waals surface area contributed by atoms with Gasteiger partial charge in [-0.2, -0.15) is 22.0 Å². The predicted molar refractivity (Wildman–Crippen MR) is 60.1 cm³/mol. The van der Waals surface area contributed by atoms with Crippen LogP contribution in [0.1, 0.15) is 5.56 Å². The van der Waals surface area contributed by atoms with E-state index in [1.165, 1.54) is 0 Å². The van der Waals surface area contributed by atoms with E-state index in [4.69, 9.17) is 17.3 Å². The second-order valence-electron chi connectivity index (χ2n) is 3.29. The summed E-state index contributed by atoms with van der Waals surface area (Å²) in [6, 6.07) is 2.07. The highest BCUT2D eigenvalue weighted by molar-refractivity contribution is 6.28. The number of aliphatic imine (C=N–C) groups is 1. The van der Waals surface area contributed by atoms with Gasteiger partial charge < -0.3 is 10.5 Å². The number of nitrogens with two attached hydrogens (primary N) is 1. The molecular weight excluding hydrogens is 295 g/mol. The minimum atomic E-state index is -4.70. The van der Waals surface area contributed by atoms with Crippen molar-refractivity contribution >= 4 is 23.1 Å². The average Bonchev–Trinajstić information content (AvgIpc) is 2.26. The van der Waals surface area contributed by atoms with Crippen LogP contribution in [0.5, 0.6) is 5.75 Å². The first-order valence-corrected chi connectivity index (χ1v) is 5.32. The monoisotopic (exact) mass is 302 g/mol. The van der Waals surface area contributed by atoms with Crippen molar-refractivity contribution in [2.45, 2.75) is 12.8 Å². The smallest absolute Gasteiger partial charge is 0.418 e. The summed E-state index contributed by atoms with van der Waals surface area (Å²) in [5.74, 6) is -1.03. The maximum Gasteiger partial charge on any atom is 0.418 e. The molecule has 0 aromatic heterocycles. The number of benzene rings is 1. The molecule has 0 aliphatic carbocycles. The minimum Gasteiger partial charge on any atom is -0.435 e. The van der Waals surface area contributed by atoms with Gasteiger partial charge in [-0.1, -0.05) is 0 Å². The number of hydrogen-bond acceptors (Lipinski definition) is 2. The van der Waals surface area contributed by atoms with E-state index in [9.17, 15) is 22.0 Å². The van der Waals surface area contributed by atoms with E-state index in [-0.39, 0.29) is 11.7 Å². The fourth-order valence-corrected chi connectivity index (χ4v) is 1.26. The maximum absolute atomic E-state index is 12.7. The molecule has 1 aromatic rings. The standard InChI is InChI=1S/C10H8ClF5N2O/c11-4-8(17)18-7-3-5(19-9(12)13)1-2-6(7)10(14,15)16/h1-3,9H,4H2,(H2,17,18). The normalized spacial score (nSPS) is 12.9. The molecule has 0 saturated carbocycles. The van der Waals surface area contributed by atoms with Gasteiger partial charge in [0.2, 0.25) is 0 Å². The van der Waals surface area contributed by atoms with Crippen molar-refractivity contribution in [1.82, 2.24) is 0 Å². The summed E-state index contributed by atoms with van der Waals surface area (Å²) < 4.78 is 66.0. The maximum atomic E-state index is 12.7. The summed E-state index contributed by atoms with van der Waals surface area (Å²) in [4.78, 5) is 3.43. The fraction of sp³-hybridized carbons (Fsp3) is 0.300. The molecule has 0 heterocycles. The zero-order chi connectivity index (χ0) is 14.6. The largest absolute Gasteiger partial charge is 0.435 e. The zero-order valence-electron chi connectivity index (χ0n) is 9.22. The molecule has 0 spiro atoms. The molecule has 2 N–H and O–H groups in total. The molecule has 0 atom stereocenters. The lowest BCUT2D eigenvalue weighted by atomic mass is 10.1. The van der Waals surface area contributed by atoms with Crippen molar-refractivity contribution < 1.29 is 26.7 Å². The summed E-state index contributed by atoms with van der Waals surface area (Å²) in [7, 11) is 0. The highest BCUT2D eigenvalue weighted by Gasteiger charge is 2.34. The molecule has 9 heteroatoms. The number of ether oxygens (including phenoxy) is 1. The Balaban J connectivity index is 3.26. The highest BCUT2D eigenvalue weighted by atomic mass is 35.5. The van der Waals surface area contributed by atoms with Gasteiger partial charge in [0.25, 0.3) is 0 Å². The first-order valence-electron chi connectivity index (χ1n) is 4.79. The number of nitrogens with zero attached hydrogens (tertiary/aromatic N) is 1. The second-order valence-corrected chi connectivity index (χ2v) is 3.56. The Morgan fingerprint density at radius 1 is 1.37 bits per heavy atom. The topological polar surface area (TPSA) is 47.6 Å². The third-order valence-corrected chi connectivity index (χ3v) is 2.17. The minimum absolute atomic E-state index is 0.277. The Labute approximate surface area is 109 Å². The van der Waals surface area contributed by atoms with E-state index in [0.717, 1.165) is 6.07 Å². The lowest BCUT2D eigenvalue weighted by Gasteiger charge is -2.12. The molecule has 0 aliphatic rings. The Bertz CT molecular complexity index is 475. The molecule has 0 unspecified atom stereocenters. The van der Waals surface area contributed by atoms with Gasteiger partial charge in [-0.25, -0.2) is 4.99 Å². The molecule has 0 saturated heterocycles. The Kier molecular flexibility index (Phi) is 4.93. The number of hydrogen-bond donors (Lipinski definition) is 1. The molecule has 3 nitrogen and oxygen atoms in total. The first-order chi connectivity index (χ1) is 8.74. The third kappa shape index (κ3) is 4.55. The van der Waals surface area contributed by atoms with Crippen molar-refractivity contribution in [3.8, 4) is 5.75 Å². The summed E-state index contributed by atoms with van der Waals surface area (Å²) in [5, 5.41) is 0. The molecule has 0 amide bonds. The highest BCUT2D eigenvalue weighted by Crippen LogP contribution is 2.38. The van der Waals surface area contributed by atoms with E-state index < -0.39 is 29.8 Å². The molecule has 0 radical (unpaired) electrons. The van der Waals surface area contributed by atoms with E-state index >= 15 is 0 Å². The summed E-state index contributed by atoms with van der Waals surface area (Å²) >= 11 is 5.30. The van der Waals surface area contributed by atoms with Gasteiger partial charge in [-0.3, -0.25) is 0 Å². The predicted octanol–water partition coefficient (Wildman–Crippen LogP) is 3.53. The third-order valence-electron chi connectivity index (χ3n) is 1.90. The second kappa shape index (κ2) is 6.05. The number of rotatable bonds is 4. The van der Waals surface area contributed by atoms with Gasteiger partial charge in [-0.15, -0.1) is 11.6 Å². The van der Waals surface area contributed by atoms with Crippen LogP contribution < -0.4 is 10.5 Å². The molecule has 19 heavy (non-hydrogen) atoms. The van der Waals surface area contributed by atoms with E-state index in [1.807, 2.05) is 0 Å². The molecule has 1 aromatic carbocycles. The lowest BCUT2D eigenvalue weighted by molar-refractivity contribution is -0.137. The van der Waals surface area contributed by atoms with Gasteiger partial charge in [0.05, 0.1) is 17.1 Å². The molecule has 1 rings (SSSR count). The van der Waals surface area contributed by atoms with Crippen molar-refractivity contribution in [2.75, 3.05) is 5.88 Å². The lowest BCUT2D eigenvalue weighted by Crippen LogP contribution is -2.13. The number of alkyl halides is 6. The van der Waals surface area contributed by atoms with Crippen LogP contribution in [0.25, 0.3) is 0 Å². The Morgan fingerprint density at radius 3 is 2.47 bits per heavy atom. The van der Waals surface area contributed by atoms with Gasteiger partial charge in [0.15, 0.2) is 0 Å². The van der Waals surface area contributed by atoms with Crippen LogP contribution in [0.15, 0.2) is 23.2 Å². The summed E-state index contributed by atoms with van der Waals surface area (Å²) in [6.45, 7) is -3.15. The fourth-order valence-electron chi connectivity index (χ4n) is 1.20. The Morgan fingerprint density at radius 2 is 2.00 bits per heavy atom. The van der Waals surface area contributed by atoms with Crippen LogP contribution >= 0.6 is 11.6 Å². The quantitative estimate of drug-likeness (QED) is 0.400. The van der Waals surface area contributed by atoms with Crippen LogP contribution in [0, 0.1) is 0 Å². The number of amidine groups is 1. The van der Waals surface area contributed by atoms with Crippen LogP contribution in [0.3, 0.4) is 0 Å². The van der Waals surface area contributed by atoms with Crippen LogP contribution in [0.2, 0.25) is 0 Å². The van der Waals surface area contributed by atoms with Gasteiger partial charge in [0, 0.05) is 6.07 Å². The Hall–Kier alpha value is -1.57. The molecule has 0 aliphatic heterocycles. The van der Waals surface area contributed by atoms with E-state index in [1.54, 1.807) is 0 Å². The van der Waals surface area contributed by atoms with Gasteiger partial charge >= 0.3 is 12.8 Å². The summed E-state index contributed by atoms with van der Waals surface area (Å²) in [5.41, 5.74) is 3.47. The van der Waals surface area contributed by atoms with Crippen LogP contribution in [-0.2, 0) is 6.18 Å². The number of halogens is 6. The average molecular weight is 303 g/mol. The molecule has 0 fully saturated rings. The SMILES string of the molecule is NC(CCl)=Nc1cc(OC(F)F)ccc1C(F)(F)F. The van der Waals surface area contributed by atoms with E-state index in [0.29, 0.717) is 12.1 Å². The van der Waals surface area contributed by atoms with E-state index in [2.05, 4.69) is 9.73 Å². The van der Waals surface area contributed by atoms with Crippen LogP contribution in [0.4, 0.5) is 27.6 Å². The molecule has 106 valence electrons. The van der Waals surface area contributed by atoms with Gasteiger partial charge in [-0.05, 0) is 12.1 Å². The molecule has 0 bridgehead atoms. The van der Waals surface area contributed by atoms with Crippen molar-refractivity contribution in [3.05, 3.63) is 23.8 Å². The summed E-state index contributed by atoms with van der Waals surface area (Å²) in [6.07, 6.45) is -4.70. The van der Waals surface area contributed by atoms with Crippen molar-refractivity contribution in [1.29, 1.82) is 0 Å². The van der Waals surface area contributed by atoms with Gasteiger partial charge in [0.1, 0.15) is 11.6 Å². The van der Waals surface area contributed by atoms with Crippen molar-refractivity contribution in [2.24, 2.45) is 10.7 Å². The van der Waals surface area contributed by atoms with Crippen molar-refractivity contribution in [3.63, 3.8) is 0 Å².